The molecule has 1 aromatic heterocycles. The zero-order valence-electron chi connectivity index (χ0n) is 9.31. The third kappa shape index (κ3) is 2.68. The van der Waals surface area contributed by atoms with Gasteiger partial charge in [-0.1, -0.05) is 11.6 Å². The van der Waals surface area contributed by atoms with Crippen LogP contribution in [-0.4, -0.2) is 35.3 Å². The number of carbonyl (C=O) groups is 1. The fourth-order valence-corrected chi connectivity index (χ4v) is 1.95. The summed E-state index contributed by atoms with van der Waals surface area (Å²) in [7, 11) is 1.68. The summed E-state index contributed by atoms with van der Waals surface area (Å²) in [5, 5.41) is 12.2. The van der Waals surface area contributed by atoms with Crippen molar-refractivity contribution in [2.45, 2.75) is 25.0 Å². The van der Waals surface area contributed by atoms with Gasteiger partial charge in [-0.25, -0.2) is 9.78 Å². The third-order valence-electron chi connectivity index (χ3n) is 2.87. The van der Waals surface area contributed by atoms with Gasteiger partial charge in [0.25, 0.3) is 0 Å². The highest BCUT2D eigenvalue weighted by Gasteiger charge is 2.29. The van der Waals surface area contributed by atoms with E-state index in [2.05, 4.69) is 10.3 Å². The highest BCUT2D eigenvalue weighted by Crippen LogP contribution is 2.26. The fraction of sp³-hybridized carbons (Fsp3) is 0.455. The summed E-state index contributed by atoms with van der Waals surface area (Å²) in [4.78, 5) is 14.9. The predicted molar refractivity (Wildman–Crippen MR) is 63.6 cm³/mol. The third-order valence-corrected chi connectivity index (χ3v) is 3.17. The van der Waals surface area contributed by atoms with Gasteiger partial charge < -0.3 is 15.2 Å². The molecule has 1 fully saturated rings. The van der Waals surface area contributed by atoms with Gasteiger partial charge in [0.05, 0.1) is 16.7 Å². The number of carboxylic acids is 1. The molecule has 0 bridgehead atoms. The first-order valence-corrected chi connectivity index (χ1v) is 5.66. The Kier molecular flexibility index (Phi) is 3.49. The smallest absolute Gasteiger partial charge is 0.337 e. The zero-order chi connectivity index (χ0) is 12.4. The number of ether oxygens (including phenoxy) is 1. The Hall–Kier alpha value is -1.33. The van der Waals surface area contributed by atoms with E-state index in [0.29, 0.717) is 11.9 Å². The molecule has 92 valence electrons. The molecule has 0 unspecified atom stereocenters. The van der Waals surface area contributed by atoms with E-state index in [-0.39, 0.29) is 16.6 Å². The molecule has 6 heteroatoms. The molecular weight excluding hydrogens is 244 g/mol. The number of hydrogen-bond acceptors (Lipinski definition) is 4. The SMILES string of the molecule is COC1CC(Nc2cc(C(=O)O)c(Cl)cn2)C1. The van der Waals surface area contributed by atoms with E-state index in [1.165, 1.54) is 12.3 Å². The van der Waals surface area contributed by atoms with Crippen molar-refractivity contribution in [1.29, 1.82) is 0 Å². The molecule has 0 spiro atoms. The first-order valence-electron chi connectivity index (χ1n) is 5.28. The molecular formula is C11H13ClN2O3. The quantitative estimate of drug-likeness (QED) is 0.862. The van der Waals surface area contributed by atoms with Gasteiger partial charge in [0.1, 0.15) is 5.82 Å². The minimum Gasteiger partial charge on any atom is -0.478 e. The van der Waals surface area contributed by atoms with E-state index < -0.39 is 5.97 Å². The Balaban J connectivity index is 2.02. The van der Waals surface area contributed by atoms with Crippen LogP contribution in [0.4, 0.5) is 5.82 Å². The summed E-state index contributed by atoms with van der Waals surface area (Å²) >= 11 is 5.73. The summed E-state index contributed by atoms with van der Waals surface area (Å²) < 4.78 is 5.16. The Morgan fingerprint density at radius 3 is 2.94 bits per heavy atom. The summed E-state index contributed by atoms with van der Waals surface area (Å²) in [5.41, 5.74) is 0.0618. The van der Waals surface area contributed by atoms with Crippen LogP contribution >= 0.6 is 11.6 Å². The molecule has 1 aromatic rings. The number of halogens is 1. The Labute approximate surface area is 104 Å². The molecule has 0 atom stereocenters. The summed E-state index contributed by atoms with van der Waals surface area (Å²) in [6.07, 6.45) is 3.45. The molecule has 1 aliphatic rings. The van der Waals surface area contributed by atoms with Crippen LogP contribution in [0, 0.1) is 0 Å². The minimum atomic E-state index is -1.05. The van der Waals surface area contributed by atoms with Crippen molar-refractivity contribution >= 4 is 23.4 Å². The van der Waals surface area contributed by atoms with Gasteiger partial charge in [0.15, 0.2) is 0 Å². The van der Waals surface area contributed by atoms with Crippen LogP contribution in [0.25, 0.3) is 0 Å². The molecule has 0 radical (unpaired) electrons. The molecule has 0 aliphatic heterocycles. The lowest BCUT2D eigenvalue weighted by Crippen LogP contribution is -2.40. The van der Waals surface area contributed by atoms with Crippen LogP contribution in [0.1, 0.15) is 23.2 Å². The fourth-order valence-electron chi connectivity index (χ4n) is 1.77. The number of carboxylic acid groups (broad SMARTS) is 1. The van der Waals surface area contributed by atoms with Gasteiger partial charge in [0, 0.05) is 19.3 Å². The van der Waals surface area contributed by atoms with Crippen molar-refractivity contribution in [3.63, 3.8) is 0 Å². The van der Waals surface area contributed by atoms with Crippen molar-refractivity contribution in [1.82, 2.24) is 4.98 Å². The lowest BCUT2D eigenvalue weighted by molar-refractivity contribution is 0.0328. The number of rotatable bonds is 4. The molecule has 1 heterocycles. The molecule has 2 N–H and O–H groups in total. The maximum atomic E-state index is 10.9. The molecule has 1 aliphatic carbocycles. The Bertz CT molecular complexity index is 433. The van der Waals surface area contributed by atoms with Crippen molar-refractivity contribution < 1.29 is 14.6 Å². The molecule has 5 nitrogen and oxygen atoms in total. The Morgan fingerprint density at radius 1 is 1.65 bits per heavy atom. The van der Waals surface area contributed by atoms with Crippen LogP contribution < -0.4 is 5.32 Å². The lowest BCUT2D eigenvalue weighted by Gasteiger charge is -2.34. The minimum absolute atomic E-state index is 0.0618. The van der Waals surface area contributed by atoms with Crippen LogP contribution in [0.5, 0.6) is 0 Å². The van der Waals surface area contributed by atoms with E-state index in [1.54, 1.807) is 7.11 Å². The largest absolute Gasteiger partial charge is 0.478 e. The molecule has 0 aromatic carbocycles. The number of methoxy groups -OCH3 is 1. The van der Waals surface area contributed by atoms with Gasteiger partial charge in [0.2, 0.25) is 0 Å². The zero-order valence-corrected chi connectivity index (χ0v) is 10.1. The van der Waals surface area contributed by atoms with E-state index in [4.69, 9.17) is 21.4 Å². The topological polar surface area (TPSA) is 71.5 Å². The van der Waals surface area contributed by atoms with Crippen molar-refractivity contribution in [2.75, 3.05) is 12.4 Å². The summed E-state index contributed by atoms with van der Waals surface area (Å²) in [6.45, 7) is 0. The van der Waals surface area contributed by atoms with E-state index in [9.17, 15) is 4.79 Å². The average Bonchev–Trinajstić information content (AvgIpc) is 2.24. The number of pyridine rings is 1. The van der Waals surface area contributed by atoms with Gasteiger partial charge >= 0.3 is 5.97 Å². The molecule has 2 rings (SSSR count). The average molecular weight is 257 g/mol. The molecule has 0 amide bonds. The van der Waals surface area contributed by atoms with Crippen LogP contribution in [0.15, 0.2) is 12.3 Å². The van der Waals surface area contributed by atoms with Gasteiger partial charge in [-0.15, -0.1) is 0 Å². The van der Waals surface area contributed by atoms with Crippen molar-refractivity contribution in [3.8, 4) is 0 Å². The maximum Gasteiger partial charge on any atom is 0.337 e. The number of hydrogen-bond donors (Lipinski definition) is 2. The van der Waals surface area contributed by atoms with Gasteiger partial charge in [-0.2, -0.15) is 0 Å². The highest BCUT2D eigenvalue weighted by atomic mass is 35.5. The van der Waals surface area contributed by atoms with Crippen LogP contribution in [-0.2, 0) is 4.74 Å². The number of nitrogens with zero attached hydrogens (tertiary/aromatic N) is 1. The second kappa shape index (κ2) is 4.89. The highest BCUT2D eigenvalue weighted by molar-refractivity contribution is 6.33. The van der Waals surface area contributed by atoms with Crippen molar-refractivity contribution in [2.24, 2.45) is 0 Å². The molecule has 17 heavy (non-hydrogen) atoms. The normalized spacial score (nSPS) is 22.9. The Morgan fingerprint density at radius 2 is 2.35 bits per heavy atom. The summed E-state index contributed by atoms with van der Waals surface area (Å²) in [6, 6.07) is 1.74. The van der Waals surface area contributed by atoms with Crippen LogP contribution in [0.3, 0.4) is 0 Å². The summed E-state index contributed by atoms with van der Waals surface area (Å²) in [5.74, 6) is -0.518. The first kappa shape index (κ1) is 12.1. The number of aromatic nitrogens is 1. The number of anilines is 1. The predicted octanol–water partition coefficient (Wildman–Crippen LogP) is 2.02. The second-order valence-corrected chi connectivity index (χ2v) is 4.43. The monoisotopic (exact) mass is 256 g/mol. The van der Waals surface area contributed by atoms with E-state index in [0.717, 1.165) is 12.8 Å². The van der Waals surface area contributed by atoms with E-state index in [1.807, 2.05) is 0 Å². The maximum absolute atomic E-state index is 10.9. The first-order chi connectivity index (χ1) is 8.10. The van der Waals surface area contributed by atoms with E-state index >= 15 is 0 Å². The standard InChI is InChI=1S/C11H13ClN2O3/c1-17-7-2-6(3-7)14-10-4-8(11(15)16)9(12)5-13-10/h4-7H,2-3H2,1H3,(H,13,14)(H,15,16). The van der Waals surface area contributed by atoms with Crippen LogP contribution in [0.2, 0.25) is 5.02 Å². The lowest BCUT2D eigenvalue weighted by atomic mass is 9.89. The number of aromatic carboxylic acids is 1. The molecule has 0 saturated heterocycles. The molecule has 1 saturated carbocycles. The van der Waals surface area contributed by atoms with Crippen molar-refractivity contribution in [3.05, 3.63) is 22.8 Å². The number of nitrogens with one attached hydrogen (secondary N) is 1. The van der Waals surface area contributed by atoms with Gasteiger partial charge in [-0.05, 0) is 18.9 Å². The van der Waals surface area contributed by atoms with Gasteiger partial charge in [-0.3, -0.25) is 0 Å². The second-order valence-electron chi connectivity index (χ2n) is 4.02.